The summed E-state index contributed by atoms with van der Waals surface area (Å²) < 4.78 is 3.86. The first-order valence-corrected chi connectivity index (χ1v) is 6.38. The third-order valence-electron chi connectivity index (χ3n) is 3.15. The highest BCUT2D eigenvalue weighted by Gasteiger charge is 2.20. The second kappa shape index (κ2) is 8.28. The molecule has 0 amide bonds. The average Bonchev–Trinajstić information content (AvgIpc) is 2.85. The van der Waals surface area contributed by atoms with E-state index in [1.54, 1.807) is 0 Å². The van der Waals surface area contributed by atoms with Gasteiger partial charge in [-0.25, -0.2) is 0 Å². The molecule has 2 unspecified atom stereocenters. The molecule has 0 aliphatic carbocycles. The summed E-state index contributed by atoms with van der Waals surface area (Å²) >= 11 is 0. The Morgan fingerprint density at radius 2 is 2.11 bits per heavy atom. The quantitative estimate of drug-likeness (QED) is 0.843. The number of hydrogen-bond acceptors (Lipinski definition) is 4. The molecule has 2 rings (SSSR count). The van der Waals surface area contributed by atoms with Gasteiger partial charge >= 0.3 is 0 Å². The van der Waals surface area contributed by atoms with Crippen molar-refractivity contribution in [3.63, 3.8) is 0 Å². The first-order chi connectivity index (χ1) is 9.19. The van der Waals surface area contributed by atoms with E-state index in [9.17, 15) is 0 Å². The van der Waals surface area contributed by atoms with Crippen LogP contribution < -0.4 is 5.32 Å². The average molecular weight is 260 g/mol. The van der Waals surface area contributed by atoms with Gasteiger partial charge in [-0.1, -0.05) is 12.1 Å². The van der Waals surface area contributed by atoms with Crippen molar-refractivity contribution in [2.45, 2.75) is 25.8 Å². The Bertz CT molecular complexity index is 423. The van der Waals surface area contributed by atoms with Crippen LogP contribution in [-0.2, 0) is 16.0 Å². The first-order valence-electron chi connectivity index (χ1n) is 6.38. The van der Waals surface area contributed by atoms with Gasteiger partial charge in [0.25, 0.3) is 6.47 Å². The summed E-state index contributed by atoms with van der Waals surface area (Å²) in [5.41, 5.74) is 2.09. The van der Waals surface area contributed by atoms with Gasteiger partial charge in [0, 0.05) is 6.04 Å². The molecule has 1 aliphatic rings. The van der Waals surface area contributed by atoms with E-state index in [1.807, 2.05) is 12.1 Å². The fourth-order valence-electron chi connectivity index (χ4n) is 2.24. The molecule has 0 radical (unpaired) electrons. The molecule has 0 aromatic heterocycles. The number of benzene rings is 1. The van der Waals surface area contributed by atoms with E-state index in [2.05, 4.69) is 35.2 Å². The smallest absolute Gasteiger partial charge is 0.292 e. The molecule has 1 saturated heterocycles. The number of carbonyl (C=O) groups is 1. The van der Waals surface area contributed by atoms with Gasteiger partial charge < -0.3 is 10.1 Å². The molecule has 0 spiro atoms. The molecule has 0 bridgehead atoms. The number of ether oxygens (including phenoxy) is 1. The van der Waals surface area contributed by atoms with Crippen molar-refractivity contribution in [2.75, 3.05) is 13.7 Å². The first kappa shape index (κ1) is 15.2. The molecule has 1 aromatic carbocycles. The van der Waals surface area contributed by atoms with Crippen LogP contribution in [0.5, 0.6) is 0 Å². The number of nitrogens with zero attached hydrogens (tertiary/aromatic N) is 1. The van der Waals surface area contributed by atoms with Crippen molar-refractivity contribution in [1.82, 2.24) is 5.32 Å². The molecule has 1 heterocycles. The van der Waals surface area contributed by atoms with E-state index < -0.39 is 0 Å². The summed E-state index contributed by atoms with van der Waals surface area (Å²) in [5, 5.41) is 12.1. The monoisotopic (exact) mass is 260 g/mol. The molecule has 1 aliphatic heterocycles. The van der Waals surface area contributed by atoms with E-state index in [4.69, 9.17) is 10.1 Å². The van der Waals surface area contributed by atoms with Crippen molar-refractivity contribution < 1.29 is 9.53 Å². The number of methoxy groups -OCH3 is 1. The summed E-state index contributed by atoms with van der Waals surface area (Å²) in [7, 11) is 1.31. The van der Waals surface area contributed by atoms with E-state index >= 15 is 0 Å². The summed E-state index contributed by atoms with van der Waals surface area (Å²) in [6.45, 7) is 3.74. The molecule has 4 heteroatoms. The lowest BCUT2D eigenvalue weighted by molar-refractivity contribution is -0.126. The fraction of sp³-hybridized carbons (Fsp3) is 0.467. The van der Waals surface area contributed by atoms with Crippen molar-refractivity contribution >= 4 is 6.47 Å². The number of rotatable bonds is 3. The third kappa shape index (κ3) is 5.54. The molecule has 1 N–H and O–H groups in total. The second-order valence-electron chi connectivity index (χ2n) is 4.76. The zero-order chi connectivity index (χ0) is 14.1. The summed E-state index contributed by atoms with van der Waals surface area (Å²) in [6, 6.07) is 10.8. The molecule has 102 valence electrons. The highest BCUT2D eigenvalue weighted by Crippen LogP contribution is 2.18. The Labute approximate surface area is 114 Å². The van der Waals surface area contributed by atoms with Crippen LogP contribution in [0.1, 0.15) is 24.5 Å². The molecule has 1 aromatic rings. The molecule has 0 saturated carbocycles. The van der Waals surface area contributed by atoms with Crippen LogP contribution in [-0.4, -0.2) is 26.2 Å². The van der Waals surface area contributed by atoms with Gasteiger partial charge in [0.15, 0.2) is 0 Å². The highest BCUT2D eigenvalue weighted by molar-refractivity contribution is 5.36. The topological polar surface area (TPSA) is 62.1 Å². The predicted octanol–water partition coefficient (Wildman–Crippen LogP) is 1.89. The lowest BCUT2D eigenvalue weighted by Crippen LogP contribution is -2.17. The van der Waals surface area contributed by atoms with Gasteiger partial charge in [0.2, 0.25) is 0 Å². The lowest BCUT2D eigenvalue weighted by Gasteiger charge is -2.08. The van der Waals surface area contributed by atoms with Gasteiger partial charge in [0.05, 0.1) is 18.7 Å². The second-order valence-corrected chi connectivity index (χ2v) is 4.76. The summed E-state index contributed by atoms with van der Waals surface area (Å²) in [4.78, 5) is 8.95. The maximum absolute atomic E-state index is 8.95. The van der Waals surface area contributed by atoms with Gasteiger partial charge in [-0.2, -0.15) is 5.26 Å². The van der Waals surface area contributed by atoms with Crippen LogP contribution in [0.15, 0.2) is 24.3 Å². The van der Waals surface area contributed by atoms with Crippen molar-refractivity contribution in [3.8, 4) is 6.07 Å². The zero-order valence-electron chi connectivity index (χ0n) is 11.4. The molecule has 1 fully saturated rings. The highest BCUT2D eigenvalue weighted by atomic mass is 16.5. The number of nitriles is 1. The van der Waals surface area contributed by atoms with Crippen molar-refractivity contribution in [2.24, 2.45) is 5.92 Å². The predicted molar refractivity (Wildman–Crippen MR) is 73.5 cm³/mol. The zero-order valence-corrected chi connectivity index (χ0v) is 11.4. The Morgan fingerprint density at radius 3 is 2.53 bits per heavy atom. The maximum atomic E-state index is 8.95. The molecule has 4 nitrogen and oxygen atoms in total. The molecule has 2 atom stereocenters. The molecule has 19 heavy (non-hydrogen) atoms. The van der Waals surface area contributed by atoms with Gasteiger partial charge in [-0.3, -0.25) is 4.79 Å². The SMILES string of the molecule is CC1CC(Cc2ccc(C#N)cc2)CN1.COC=O. The van der Waals surface area contributed by atoms with E-state index in [-0.39, 0.29) is 0 Å². The number of carbonyl (C=O) groups excluding carboxylic acids is 1. The normalized spacial score (nSPS) is 20.9. The van der Waals surface area contributed by atoms with Crippen molar-refractivity contribution in [1.29, 1.82) is 5.26 Å². The van der Waals surface area contributed by atoms with E-state index in [1.165, 1.54) is 19.1 Å². The van der Waals surface area contributed by atoms with Crippen LogP contribution in [0.2, 0.25) is 0 Å². The fourth-order valence-corrected chi connectivity index (χ4v) is 2.24. The van der Waals surface area contributed by atoms with Crippen LogP contribution in [0.25, 0.3) is 0 Å². The van der Waals surface area contributed by atoms with E-state index in [0.29, 0.717) is 12.5 Å². The maximum Gasteiger partial charge on any atom is 0.292 e. The summed E-state index contributed by atoms with van der Waals surface area (Å²) in [6.07, 6.45) is 2.39. The Kier molecular flexibility index (Phi) is 6.62. The van der Waals surface area contributed by atoms with Gasteiger partial charge in [-0.05, 0) is 49.9 Å². The van der Waals surface area contributed by atoms with Crippen LogP contribution in [0, 0.1) is 17.2 Å². The van der Waals surface area contributed by atoms with Gasteiger partial charge in [-0.15, -0.1) is 0 Å². The standard InChI is InChI=1S/C13H16N2.C2H4O2/c1-10-6-13(9-15-10)7-11-2-4-12(8-14)5-3-11;1-4-2-3/h2-5,10,13,15H,6-7,9H2,1H3;2H,1H3. The molecular weight excluding hydrogens is 240 g/mol. The van der Waals surface area contributed by atoms with E-state index in [0.717, 1.165) is 24.4 Å². The van der Waals surface area contributed by atoms with Crippen molar-refractivity contribution in [3.05, 3.63) is 35.4 Å². The Morgan fingerprint density at radius 1 is 1.47 bits per heavy atom. The minimum Gasteiger partial charge on any atom is -0.471 e. The van der Waals surface area contributed by atoms with Crippen LogP contribution >= 0.6 is 0 Å². The van der Waals surface area contributed by atoms with Crippen LogP contribution in [0.4, 0.5) is 0 Å². The lowest BCUT2D eigenvalue weighted by atomic mass is 9.96. The number of hydrogen-bond donors (Lipinski definition) is 1. The third-order valence-corrected chi connectivity index (χ3v) is 3.15. The largest absolute Gasteiger partial charge is 0.471 e. The summed E-state index contributed by atoms with van der Waals surface area (Å²) in [5.74, 6) is 0.757. The van der Waals surface area contributed by atoms with Gasteiger partial charge in [0.1, 0.15) is 0 Å². The molecular formula is C15H20N2O2. The van der Waals surface area contributed by atoms with Crippen LogP contribution in [0.3, 0.4) is 0 Å². The minimum absolute atomic E-state index is 0.375. The number of nitrogens with one attached hydrogen (secondary N) is 1. The minimum atomic E-state index is 0.375. The Balaban J connectivity index is 0.000000399. The Hall–Kier alpha value is -1.86.